The van der Waals surface area contributed by atoms with Gasteiger partial charge in [-0.1, -0.05) is 30.3 Å². The Balaban J connectivity index is 1.24. The second-order valence-corrected chi connectivity index (χ2v) is 10.1. The summed E-state index contributed by atoms with van der Waals surface area (Å²) < 4.78 is 39.2. The Kier molecular flexibility index (Phi) is 9.05. The molecule has 2 aliphatic rings. The number of carbonyl (C=O) groups excluding carboxylic acids is 1. The Labute approximate surface area is 233 Å². The van der Waals surface area contributed by atoms with Crippen molar-refractivity contribution in [3.63, 3.8) is 0 Å². The molecule has 0 spiro atoms. The quantitative estimate of drug-likeness (QED) is 0.353. The molecule has 3 heterocycles. The molecule has 212 valence electrons. The maximum atomic E-state index is 14.0. The Bertz CT molecular complexity index is 1250. The zero-order valence-corrected chi connectivity index (χ0v) is 22.6. The van der Waals surface area contributed by atoms with Gasteiger partial charge in [-0.05, 0) is 49.6 Å². The normalized spacial score (nSPS) is 20.9. The van der Waals surface area contributed by atoms with Crippen LogP contribution in [-0.4, -0.2) is 67.2 Å². The number of nitrogens with zero attached hydrogens (tertiary/aromatic N) is 4. The largest absolute Gasteiger partial charge is 0.466 e. The van der Waals surface area contributed by atoms with Crippen molar-refractivity contribution in [3.05, 3.63) is 71.9 Å². The third-order valence-electron chi connectivity index (χ3n) is 7.16. The monoisotopic (exact) mass is 551 g/mol. The third-order valence-corrected chi connectivity index (χ3v) is 7.16. The maximum absolute atomic E-state index is 14.0. The van der Waals surface area contributed by atoms with Crippen LogP contribution in [0.15, 0.2) is 60.8 Å². The molecule has 10 heteroatoms. The summed E-state index contributed by atoms with van der Waals surface area (Å²) in [5, 5.41) is 3.18. The predicted molar refractivity (Wildman–Crippen MR) is 151 cm³/mol. The molecule has 0 saturated carbocycles. The fourth-order valence-electron chi connectivity index (χ4n) is 5.10. The Morgan fingerprint density at radius 3 is 2.50 bits per heavy atom. The van der Waals surface area contributed by atoms with E-state index in [1.54, 1.807) is 6.92 Å². The minimum Gasteiger partial charge on any atom is -0.466 e. The summed E-state index contributed by atoms with van der Waals surface area (Å²) in [6, 6.07) is 18.2. The number of benzene rings is 2. The number of aromatic nitrogens is 2. The fraction of sp³-hybridized carbons (Fsp3) is 0.433. The number of ether oxygens (including phenoxy) is 2. The summed E-state index contributed by atoms with van der Waals surface area (Å²) in [7, 11) is 0. The number of hydrogen-bond donors (Lipinski definition) is 1. The second kappa shape index (κ2) is 13.0. The molecule has 1 aromatic heterocycles. The Morgan fingerprint density at radius 1 is 1.02 bits per heavy atom. The van der Waals surface area contributed by atoms with Crippen LogP contribution in [0.3, 0.4) is 0 Å². The fourth-order valence-corrected chi connectivity index (χ4v) is 5.10. The zero-order chi connectivity index (χ0) is 27.9. The lowest BCUT2D eigenvalue weighted by atomic mass is 10.1. The standard InChI is InChI=1S/C30H35F2N5O3/c1-2-39-28(38)15-22-16-33-30(35-29(22)37-18-26(31)27(32)19-37)34-23-10-12-24(13-11-23)36-14-6-9-25(17-36)40-20-21-7-4-3-5-8-21/h3-5,7-8,10-13,16,25-27H,2,6,9,14-15,17-20H2,1H3,(H,33,34,35)/t25?,26-,27-/m0/s1. The molecule has 2 aromatic carbocycles. The summed E-state index contributed by atoms with van der Waals surface area (Å²) in [4.78, 5) is 24.8. The summed E-state index contributed by atoms with van der Waals surface area (Å²) in [5.41, 5.74) is 3.52. The van der Waals surface area contributed by atoms with Crippen molar-refractivity contribution in [2.24, 2.45) is 0 Å². The van der Waals surface area contributed by atoms with Crippen LogP contribution in [0.25, 0.3) is 0 Å². The summed E-state index contributed by atoms with van der Waals surface area (Å²) in [6.45, 7) is 4.10. The van der Waals surface area contributed by atoms with Crippen LogP contribution < -0.4 is 15.1 Å². The van der Waals surface area contributed by atoms with Crippen LogP contribution in [0.5, 0.6) is 0 Å². The molecule has 3 atom stereocenters. The van der Waals surface area contributed by atoms with Gasteiger partial charge in [0.2, 0.25) is 5.95 Å². The highest BCUT2D eigenvalue weighted by Gasteiger charge is 2.35. The van der Waals surface area contributed by atoms with Crippen molar-refractivity contribution in [3.8, 4) is 0 Å². The first kappa shape index (κ1) is 27.8. The van der Waals surface area contributed by atoms with E-state index in [9.17, 15) is 13.6 Å². The van der Waals surface area contributed by atoms with Crippen LogP contribution in [0, 0.1) is 0 Å². The number of nitrogens with one attached hydrogen (secondary N) is 1. The lowest BCUT2D eigenvalue weighted by Crippen LogP contribution is -2.39. The van der Waals surface area contributed by atoms with Gasteiger partial charge < -0.3 is 24.6 Å². The molecule has 0 bridgehead atoms. The highest BCUT2D eigenvalue weighted by Crippen LogP contribution is 2.29. The minimum absolute atomic E-state index is 0.0750. The van der Waals surface area contributed by atoms with Gasteiger partial charge in [0.15, 0.2) is 12.3 Å². The van der Waals surface area contributed by atoms with Crippen molar-refractivity contribution in [2.45, 2.75) is 51.2 Å². The topological polar surface area (TPSA) is 79.8 Å². The predicted octanol–water partition coefficient (Wildman–Crippen LogP) is 5.01. The minimum atomic E-state index is -1.60. The number of halogens is 2. The van der Waals surface area contributed by atoms with Gasteiger partial charge >= 0.3 is 5.97 Å². The molecule has 0 amide bonds. The van der Waals surface area contributed by atoms with Gasteiger partial charge in [-0.3, -0.25) is 4.79 Å². The lowest BCUT2D eigenvalue weighted by Gasteiger charge is -2.34. The molecular formula is C30H35F2N5O3. The number of hydrogen-bond acceptors (Lipinski definition) is 8. The highest BCUT2D eigenvalue weighted by molar-refractivity contribution is 5.75. The first-order chi connectivity index (χ1) is 19.5. The van der Waals surface area contributed by atoms with Gasteiger partial charge in [0.1, 0.15) is 5.82 Å². The summed E-state index contributed by atoms with van der Waals surface area (Å²) >= 11 is 0. The van der Waals surface area contributed by atoms with Crippen molar-refractivity contribution in [1.29, 1.82) is 0 Å². The first-order valence-corrected chi connectivity index (χ1v) is 13.8. The summed E-state index contributed by atoms with van der Waals surface area (Å²) in [6.07, 6.45) is 0.500. The van der Waals surface area contributed by atoms with Gasteiger partial charge in [-0.25, -0.2) is 13.8 Å². The second-order valence-electron chi connectivity index (χ2n) is 10.1. The molecule has 2 fully saturated rings. The lowest BCUT2D eigenvalue weighted by molar-refractivity contribution is -0.142. The number of piperidine rings is 1. The van der Waals surface area contributed by atoms with Gasteiger partial charge in [0.05, 0.1) is 38.8 Å². The van der Waals surface area contributed by atoms with Crippen LogP contribution in [0.1, 0.15) is 30.9 Å². The average molecular weight is 552 g/mol. The molecule has 2 saturated heterocycles. The van der Waals surface area contributed by atoms with Gasteiger partial charge in [0, 0.05) is 36.2 Å². The number of carbonyl (C=O) groups is 1. The van der Waals surface area contributed by atoms with E-state index in [1.165, 1.54) is 16.7 Å². The van der Waals surface area contributed by atoms with Gasteiger partial charge in [0.25, 0.3) is 0 Å². The first-order valence-electron chi connectivity index (χ1n) is 13.8. The Morgan fingerprint density at radius 2 is 1.77 bits per heavy atom. The number of rotatable bonds is 10. The molecule has 0 aliphatic carbocycles. The molecule has 8 nitrogen and oxygen atoms in total. The molecule has 2 aliphatic heterocycles. The zero-order valence-electron chi connectivity index (χ0n) is 22.6. The molecular weight excluding hydrogens is 516 g/mol. The number of anilines is 4. The highest BCUT2D eigenvalue weighted by atomic mass is 19.2. The third kappa shape index (κ3) is 7.04. The molecule has 40 heavy (non-hydrogen) atoms. The number of alkyl halides is 2. The Hall–Kier alpha value is -3.79. The van der Waals surface area contributed by atoms with E-state index in [4.69, 9.17) is 9.47 Å². The smallest absolute Gasteiger partial charge is 0.310 e. The molecule has 0 radical (unpaired) electrons. The van der Waals surface area contributed by atoms with Gasteiger partial charge in [-0.2, -0.15) is 4.98 Å². The SMILES string of the molecule is CCOC(=O)Cc1cnc(Nc2ccc(N3CCCC(OCc4ccccc4)C3)cc2)nc1N1C[C@H](F)[C@@H](F)C1. The van der Waals surface area contributed by atoms with Gasteiger partial charge in [-0.15, -0.1) is 0 Å². The van der Waals surface area contributed by atoms with E-state index < -0.39 is 18.3 Å². The van der Waals surface area contributed by atoms with E-state index in [0.29, 0.717) is 18.0 Å². The molecule has 5 rings (SSSR count). The van der Waals surface area contributed by atoms with Crippen LogP contribution >= 0.6 is 0 Å². The van der Waals surface area contributed by atoms with Crippen LogP contribution in [-0.2, 0) is 27.3 Å². The van der Waals surface area contributed by atoms with E-state index in [2.05, 4.69) is 32.3 Å². The molecule has 1 unspecified atom stereocenters. The van der Waals surface area contributed by atoms with E-state index >= 15 is 0 Å². The molecule has 3 aromatic rings. The summed E-state index contributed by atoms with van der Waals surface area (Å²) in [5.74, 6) is 0.169. The van der Waals surface area contributed by atoms with E-state index in [-0.39, 0.29) is 38.2 Å². The maximum Gasteiger partial charge on any atom is 0.310 e. The van der Waals surface area contributed by atoms with Crippen LogP contribution in [0.2, 0.25) is 0 Å². The van der Waals surface area contributed by atoms with E-state index in [1.807, 2.05) is 42.5 Å². The average Bonchev–Trinajstić information content (AvgIpc) is 3.31. The van der Waals surface area contributed by atoms with Crippen molar-refractivity contribution in [1.82, 2.24) is 9.97 Å². The number of esters is 1. The van der Waals surface area contributed by atoms with Crippen LogP contribution in [0.4, 0.5) is 31.9 Å². The van der Waals surface area contributed by atoms with Crippen molar-refractivity contribution in [2.75, 3.05) is 47.9 Å². The molecule has 1 N–H and O–H groups in total. The van der Waals surface area contributed by atoms with Crippen molar-refractivity contribution < 1.29 is 23.0 Å². The van der Waals surface area contributed by atoms with Crippen molar-refractivity contribution >= 4 is 29.1 Å². The van der Waals surface area contributed by atoms with E-state index in [0.717, 1.165) is 37.3 Å².